The number of rotatable bonds is 4. The lowest BCUT2D eigenvalue weighted by molar-refractivity contribution is 0.122. The van der Waals surface area contributed by atoms with Gasteiger partial charge in [-0.1, -0.05) is 0 Å². The Balaban J connectivity index is 1.67. The standard InChI is InChI=1S/C21H25N3O2/c1-14(2)26-17-10-15(3)19-13-23-21(18(19)12-17)16-4-5-22-20(11-16)24-6-8-25-9-7-24/h4-5,10-12,14H,6-9,13H2,1-3H3. The van der Waals surface area contributed by atoms with Gasteiger partial charge in [-0.05, 0) is 56.2 Å². The molecule has 0 saturated carbocycles. The van der Waals surface area contributed by atoms with Crippen molar-refractivity contribution in [3.63, 3.8) is 0 Å². The second-order valence-corrected chi connectivity index (χ2v) is 7.10. The van der Waals surface area contributed by atoms with Gasteiger partial charge in [0.05, 0.1) is 31.6 Å². The van der Waals surface area contributed by atoms with Crippen molar-refractivity contribution in [3.8, 4) is 5.75 Å². The fraction of sp³-hybridized carbons (Fsp3) is 0.429. The van der Waals surface area contributed by atoms with Crippen LogP contribution in [0.2, 0.25) is 0 Å². The van der Waals surface area contributed by atoms with E-state index in [1.807, 2.05) is 12.3 Å². The third kappa shape index (κ3) is 3.31. The van der Waals surface area contributed by atoms with Crippen LogP contribution in [0.5, 0.6) is 5.75 Å². The van der Waals surface area contributed by atoms with E-state index in [0.29, 0.717) is 0 Å². The summed E-state index contributed by atoms with van der Waals surface area (Å²) in [7, 11) is 0. The highest BCUT2D eigenvalue weighted by Crippen LogP contribution is 2.31. The SMILES string of the molecule is Cc1cc(OC(C)C)cc2c1CN=C2c1ccnc(N2CCOCC2)c1. The molecule has 1 aromatic heterocycles. The Morgan fingerprint density at radius 3 is 2.73 bits per heavy atom. The molecule has 0 atom stereocenters. The molecule has 0 amide bonds. The fourth-order valence-corrected chi connectivity index (χ4v) is 3.57. The van der Waals surface area contributed by atoms with Gasteiger partial charge in [0.15, 0.2) is 0 Å². The number of fused-ring (bicyclic) bond motifs is 1. The summed E-state index contributed by atoms with van der Waals surface area (Å²) in [6.07, 6.45) is 2.03. The predicted molar refractivity (Wildman–Crippen MR) is 104 cm³/mol. The molecule has 0 unspecified atom stereocenters. The largest absolute Gasteiger partial charge is 0.491 e. The molecule has 0 aliphatic carbocycles. The maximum absolute atomic E-state index is 5.93. The Labute approximate surface area is 154 Å². The van der Waals surface area contributed by atoms with Crippen LogP contribution in [0.4, 0.5) is 5.82 Å². The fourth-order valence-electron chi connectivity index (χ4n) is 3.57. The number of hydrogen-bond acceptors (Lipinski definition) is 5. The topological polar surface area (TPSA) is 47.0 Å². The van der Waals surface area contributed by atoms with Crippen LogP contribution < -0.4 is 9.64 Å². The molecule has 2 aliphatic heterocycles. The summed E-state index contributed by atoms with van der Waals surface area (Å²) in [5, 5.41) is 0. The number of anilines is 1. The van der Waals surface area contributed by atoms with Gasteiger partial charge in [0, 0.05) is 30.4 Å². The smallest absolute Gasteiger partial charge is 0.129 e. The highest BCUT2D eigenvalue weighted by Gasteiger charge is 2.22. The molecule has 0 spiro atoms. The normalized spacial score (nSPS) is 16.6. The number of nitrogens with zero attached hydrogens (tertiary/aromatic N) is 3. The van der Waals surface area contributed by atoms with Crippen molar-refractivity contribution >= 4 is 11.5 Å². The number of aliphatic imine (C=N–C) groups is 1. The van der Waals surface area contributed by atoms with Crippen LogP contribution >= 0.6 is 0 Å². The monoisotopic (exact) mass is 351 g/mol. The van der Waals surface area contributed by atoms with Crippen LogP contribution in [-0.2, 0) is 11.3 Å². The molecule has 4 rings (SSSR count). The minimum Gasteiger partial charge on any atom is -0.491 e. The molecular weight excluding hydrogens is 326 g/mol. The first-order valence-corrected chi connectivity index (χ1v) is 9.26. The zero-order valence-corrected chi connectivity index (χ0v) is 15.7. The molecule has 5 nitrogen and oxygen atoms in total. The average molecular weight is 351 g/mol. The van der Waals surface area contributed by atoms with E-state index in [-0.39, 0.29) is 6.10 Å². The molecule has 1 aromatic carbocycles. The van der Waals surface area contributed by atoms with Crippen molar-refractivity contribution in [2.45, 2.75) is 33.4 Å². The molecule has 3 heterocycles. The highest BCUT2D eigenvalue weighted by atomic mass is 16.5. The maximum Gasteiger partial charge on any atom is 0.129 e. The Morgan fingerprint density at radius 2 is 1.96 bits per heavy atom. The first-order chi connectivity index (χ1) is 12.6. The van der Waals surface area contributed by atoms with Crippen LogP contribution in [0.3, 0.4) is 0 Å². The Hall–Kier alpha value is -2.40. The van der Waals surface area contributed by atoms with Gasteiger partial charge in [0.25, 0.3) is 0 Å². The third-order valence-electron chi connectivity index (χ3n) is 4.82. The number of hydrogen-bond donors (Lipinski definition) is 0. The molecule has 1 fully saturated rings. The van der Waals surface area contributed by atoms with E-state index in [9.17, 15) is 0 Å². The zero-order valence-electron chi connectivity index (χ0n) is 15.7. The minimum atomic E-state index is 0.156. The number of aryl methyl sites for hydroxylation is 1. The quantitative estimate of drug-likeness (QED) is 0.847. The number of benzene rings is 1. The molecule has 0 N–H and O–H groups in total. The number of pyridine rings is 1. The van der Waals surface area contributed by atoms with Crippen molar-refractivity contribution < 1.29 is 9.47 Å². The summed E-state index contributed by atoms with van der Waals surface area (Å²) < 4.78 is 11.4. The molecule has 0 radical (unpaired) electrons. The van der Waals surface area contributed by atoms with Crippen molar-refractivity contribution in [3.05, 3.63) is 52.7 Å². The van der Waals surface area contributed by atoms with E-state index in [0.717, 1.165) is 55.7 Å². The molecule has 0 bridgehead atoms. The Morgan fingerprint density at radius 1 is 1.15 bits per heavy atom. The first kappa shape index (κ1) is 17.0. The summed E-state index contributed by atoms with van der Waals surface area (Å²) in [6.45, 7) is 10.2. The van der Waals surface area contributed by atoms with E-state index < -0.39 is 0 Å². The molecule has 5 heteroatoms. The van der Waals surface area contributed by atoms with E-state index in [2.05, 4.69) is 48.9 Å². The summed E-state index contributed by atoms with van der Waals surface area (Å²) in [5.74, 6) is 1.90. The van der Waals surface area contributed by atoms with Gasteiger partial charge in [-0.15, -0.1) is 0 Å². The molecule has 2 aromatic rings. The highest BCUT2D eigenvalue weighted by molar-refractivity contribution is 6.15. The van der Waals surface area contributed by atoms with Crippen molar-refractivity contribution in [2.75, 3.05) is 31.2 Å². The molecule has 1 saturated heterocycles. The van der Waals surface area contributed by atoms with Gasteiger partial charge in [0.1, 0.15) is 11.6 Å². The van der Waals surface area contributed by atoms with Crippen molar-refractivity contribution in [1.29, 1.82) is 0 Å². The van der Waals surface area contributed by atoms with Gasteiger partial charge in [-0.2, -0.15) is 0 Å². The Bertz CT molecular complexity index is 839. The second kappa shape index (κ2) is 7.08. The van der Waals surface area contributed by atoms with Crippen LogP contribution in [-0.4, -0.2) is 43.1 Å². The molecular formula is C21H25N3O2. The molecule has 2 aliphatic rings. The molecule has 136 valence electrons. The molecule has 26 heavy (non-hydrogen) atoms. The minimum absolute atomic E-state index is 0.156. The van der Waals surface area contributed by atoms with Gasteiger partial charge in [0.2, 0.25) is 0 Å². The van der Waals surface area contributed by atoms with Crippen molar-refractivity contribution in [1.82, 2.24) is 4.98 Å². The summed E-state index contributed by atoms with van der Waals surface area (Å²) >= 11 is 0. The summed E-state index contributed by atoms with van der Waals surface area (Å²) in [6, 6.07) is 8.43. The zero-order chi connectivity index (χ0) is 18.1. The average Bonchev–Trinajstić information content (AvgIpc) is 3.06. The van der Waals surface area contributed by atoms with Gasteiger partial charge >= 0.3 is 0 Å². The number of morpholine rings is 1. The number of aromatic nitrogens is 1. The van der Waals surface area contributed by atoms with Crippen LogP contribution in [0.15, 0.2) is 35.5 Å². The van der Waals surface area contributed by atoms with Crippen LogP contribution in [0.1, 0.15) is 36.1 Å². The van der Waals surface area contributed by atoms with E-state index >= 15 is 0 Å². The van der Waals surface area contributed by atoms with E-state index in [4.69, 9.17) is 14.5 Å². The van der Waals surface area contributed by atoms with Gasteiger partial charge in [-0.3, -0.25) is 4.99 Å². The first-order valence-electron chi connectivity index (χ1n) is 9.26. The van der Waals surface area contributed by atoms with Gasteiger partial charge in [-0.25, -0.2) is 4.98 Å². The lowest BCUT2D eigenvalue weighted by atomic mass is 9.97. The summed E-state index contributed by atoms with van der Waals surface area (Å²) in [4.78, 5) is 11.7. The van der Waals surface area contributed by atoms with E-state index in [1.54, 1.807) is 0 Å². The Kier molecular flexibility index (Phi) is 4.64. The summed E-state index contributed by atoms with van der Waals surface area (Å²) in [5.41, 5.74) is 5.86. The lowest BCUT2D eigenvalue weighted by Crippen LogP contribution is -2.36. The van der Waals surface area contributed by atoms with Crippen LogP contribution in [0, 0.1) is 6.92 Å². The van der Waals surface area contributed by atoms with Crippen LogP contribution in [0.25, 0.3) is 0 Å². The predicted octanol–water partition coefficient (Wildman–Crippen LogP) is 3.36. The second-order valence-electron chi connectivity index (χ2n) is 7.10. The van der Waals surface area contributed by atoms with E-state index in [1.165, 1.54) is 16.7 Å². The maximum atomic E-state index is 5.93. The third-order valence-corrected chi connectivity index (χ3v) is 4.82. The van der Waals surface area contributed by atoms with Gasteiger partial charge < -0.3 is 14.4 Å². The lowest BCUT2D eigenvalue weighted by Gasteiger charge is -2.28. The number of ether oxygens (including phenoxy) is 2. The van der Waals surface area contributed by atoms with Crippen molar-refractivity contribution in [2.24, 2.45) is 4.99 Å².